The van der Waals surface area contributed by atoms with E-state index in [0.29, 0.717) is 0 Å². The Hall–Kier alpha value is -1.76. The summed E-state index contributed by atoms with van der Waals surface area (Å²) in [5, 5.41) is 8.92. The zero-order valence-corrected chi connectivity index (χ0v) is 10.2. The van der Waals surface area contributed by atoms with Crippen molar-refractivity contribution >= 4 is 0 Å². The van der Waals surface area contributed by atoms with Crippen LogP contribution in [0.15, 0.2) is 72.6 Å². The lowest BCUT2D eigenvalue weighted by molar-refractivity contribution is 0.435. The van der Waals surface area contributed by atoms with E-state index in [1.807, 2.05) is 13.0 Å². The fraction of sp³-hybridized carbons (Fsp3) is 0.200. The van der Waals surface area contributed by atoms with Gasteiger partial charge in [-0.15, -0.1) is 0 Å². The van der Waals surface area contributed by atoms with Crippen molar-refractivity contribution in [1.29, 1.82) is 0 Å². The largest absolute Gasteiger partial charge is 0.509 e. The van der Waals surface area contributed by atoms with Crippen LogP contribution in [-0.4, -0.2) is 5.11 Å². The molecular formula is C15H20O. The van der Waals surface area contributed by atoms with Crippen molar-refractivity contribution in [3.63, 3.8) is 0 Å². The smallest absolute Gasteiger partial charge is 0.108 e. The first-order chi connectivity index (χ1) is 7.38. The zero-order valence-electron chi connectivity index (χ0n) is 10.2. The Morgan fingerprint density at radius 1 is 1.12 bits per heavy atom. The van der Waals surface area contributed by atoms with E-state index in [9.17, 15) is 0 Å². The highest BCUT2D eigenvalue weighted by Gasteiger charge is 1.99. The van der Waals surface area contributed by atoms with Crippen LogP contribution in [0.2, 0.25) is 0 Å². The Morgan fingerprint density at radius 2 is 1.69 bits per heavy atom. The number of aliphatic hydroxyl groups is 1. The summed E-state index contributed by atoms with van der Waals surface area (Å²) >= 11 is 0. The Labute approximate surface area is 98.5 Å². The molecule has 16 heavy (non-hydrogen) atoms. The first-order valence-electron chi connectivity index (χ1n) is 5.19. The molecule has 0 aliphatic rings. The van der Waals surface area contributed by atoms with Gasteiger partial charge >= 0.3 is 0 Å². The summed E-state index contributed by atoms with van der Waals surface area (Å²) in [6.45, 7) is 19.1. The van der Waals surface area contributed by atoms with Gasteiger partial charge in [-0.25, -0.2) is 0 Å². The molecule has 0 amide bonds. The first-order valence-corrected chi connectivity index (χ1v) is 5.19. The molecule has 86 valence electrons. The zero-order chi connectivity index (χ0) is 12.7. The molecule has 0 atom stereocenters. The van der Waals surface area contributed by atoms with Crippen LogP contribution in [0.3, 0.4) is 0 Å². The molecule has 0 aromatic carbocycles. The molecule has 0 radical (unpaired) electrons. The van der Waals surface area contributed by atoms with Crippen LogP contribution in [0, 0.1) is 0 Å². The van der Waals surface area contributed by atoms with E-state index in [1.165, 1.54) is 6.08 Å². The highest BCUT2D eigenvalue weighted by atomic mass is 16.3. The van der Waals surface area contributed by atoms with Crippen LogP contribution < -0.4 is 0 Å². The number of rotatable bonds is 6. The van der Waals surface area contributed by atoms with Gasteiger partial charge in [0.15, 0.2) is 0 Å². The van der Waals surface area contributed by atoms with Crippen molar-refractivity contribution in [3.8, 4) is 0 Å². The van der Waals surface area contributed by atoms with E-state index in [2.05, 4.69) is 33.2 Å². The maximum absolute atomic E-state index is 8.92. The van der Waals surface area contributed by atoms with Crippen molar-refractivity contribution in [2.45, 2.75) is 20.3 Å². The van der Waals surface area contributed by atoms with Gasteiger partial charge < -0.3 is 5.11 Å². The second kappa shape index (κ2) is 6.67. The van der Waals surface area contributed by atoms with Crippen molar-refractivity contribution < 1.29 is 5.11 Å². The second-order valence-corrected chi connectivity index (χ2v) is 3.67. The summed E-state index contributed by atoms with van der Waals surface area (Å²) in [6, 6.07) is 0. The summed E-state index contributed by atoms with van der Waals surface area (Å²) in [7, 11) is 0. The highest BCUT2D eigenvalue weighted by molar-refractivity contribution is 5.50. The Morgan fingerprint density at radius 3 is 2.12 bits per heavy atom. The molecule has 0 aromatic rings. The van der Waals surface area contributed by atoms with Gasteiger partial charge in [-0.05, 0) is 36.1 Å². The number of aliphatic hydroxyl groups excluding tert-OH is 1. The topological polar surface area (TPSA) is 20.2 Å². The quantitative estimate of drug-likeness (QED) is 0.506. The molecule has 0 rings (SSSR count). The standard InChI is InChI=1S/C15H20O/c1-7-11(2)10-13(4)15(6)12(3)8-9-14(5)16/h8-10,16H,2-3,5-7H2,1,4H3/b9-8-,13-10-. The molecule has 0 aliphatic carbocycles. The van der Waals surface area contributed by atoms with Gasteiger partial charge in [0.25, 0.3) is 0 Å². The monoisotopic (exact) mass is 216 g/mol. The van der Waals surface area contributed by atoms with Crippen LogP contribution in [0.5, 0.6) is 0 Å². The molecule has 0 heterocycles. The SMILES string of the molecule is C=C(O)/C=C\C(=C)C(=C)/C(C)=C\C(=C)CC. The molecule has 0 bridgehead atoms. The third-order valence-corrected chi connectivity index (χ3v) is 2.22. The molecule has 0 fully saturated rings. The Kier molecular flexibility index (Phi) is 5.94. The minimum absolute atomic E-state index is 0.00792. The van der Waals surface area contributed by atoms with E-state index >= 15 is 0 Å². The number of hydrogen-bond acceptors (Lipinski definition) is 1. The summed E-state index contributed by atoms with van der Waals surface area (Å²) < 4.78 is 0. The molecule has 0 saturated carbocycles. The summed E-state index contributed by atoms with van der Waals surface area (Å²) in [4.78, 5) is 0. The van der Waals surface area contributed by atoms with Crippen molar-refractivity contribution in [2.24, 2.45) is 0 Å². The molecule has 0 spiro atoms. The average Bonchev–Trinajstić information content (AvgIpc) is 2.24. The van der Waals surface area contributed by atoms with Gasteiger partial charge in [0.1, 0.15) is 5.76 Å². The normalized spacial score (nSPS) is 11.5. The van der Waals surface area contributed by atoms with E-state index in [4.69, 9.17) is 5.11 Å². The molecule has 0 unspecified atom stereocenters. The third kappa shape index (κ3) is 5.20. The fourth-order valence-corrected chi connectivity index (χ4v) is 1.05. The lowest BCUT2D eigenvalue weighted by Gasteiger charge is -2.06. The van der Waals surface area contributed by atoms with Gasteiger partial charge in [0.2, 0.25) is 0 Å². The maximum Gasteiger partial charge on any atom is 0.108 e. The Bertz CT molecular complexity index is 378. The maximum atomic E-state index is 8.92. The fourth-order valence-electron chi connectivity index (χ4n) is 1.05. The Balaban J connectivity index is 4.69. The molecule has 0 aromatic heterocycles. The van der Waals surface area contributed by atoms with Gasteiger partial charge in [-0.3, -0.25) is 0 Å². The van der Waals surface area contributed by atoms with Gasteiger partial charge in [-0.2, -0.15) is 0 Å². The van der Waals surface area contributed by atoms with Gasteiger partial charge in [-0.1, -0.05) is 51.0 Å². The predicted molar refractivity (Wildman–Crippen MR) is 72.4 cm³/mol. The van der Waals surface area contributed by atoms with Crippen molar-refractivity contribution in [3.05, 3.63) is 72.6 Å². The molecule has 1 N–H and O–H groups in total. The van der Waals surface area contributed by atoms with Crippen LogP contribution >= 0.6 is 0 Å². The van der Waals surface area contributed by atoms with E-state index in [-0.39, 0.29) is 5.76 Å². The average molecular weight is 216 g/mol. The second-order valence-electron chi connectivity index (χ2n) is 3.67. The molecule has 0 aliphatic heterocycles. The van der Waals surface area contributed by atoms with E-state index in [1.54, 1.807) is 6.08 Å². The number of allylic oxidation sites excluding steroid dienone is 7. The lowest BCUT2D eigenvalue weighted by Crippen LogP contribution is -1.87. The summed E-state index contributed by atoms with van der Waals surface area (Å²) in [6.07, 6.45) is 6.10. The minimum atomic E-state index is 0.00792. The molecule has 1 heteroatoms. The van der Waals surface area contributed by atoms with Crippen LogP contribution in [0.25, 0.3) is 0 Å². The van der Waals surface area contributed by atoms with Gasteiger partial charge in [0, 0.05) is 0 Å². The van der Waals surface area contributed by atoms with Crippen molar-refractivity contribution in [2.75, 3.05) is 0 Å². The van der Waals surface area contributed by atoms with Crippen LogP contribution in [-0.2, 0) is 0 Å². The van der Waals surface area contributed by atoms with E-state index in [0.717, 1.165) is 28.7 Å². The molecular weight excluding hydrogens is 196 g/mol. The number of hydrogen-bond donors (Lipinski definition) is 1. The first kappa shape index (κ1) is 14.2. The highest BCUT2D eigenvalue weighted by Crippen LogP contribution is 2.19. The molecule has 0 saturated heterocycles. The lowest BCUT2D eigenvalue weighted by atomic mass is 9.99. The predicted octanol–water partition coefficient (Wildman–Crippen LogP) is 4.64. The molecule has 1 nitrogen and oxygen atoms in total. The van der Waals surface area contributed by atoms with Crippen molar-refractivity contribution in [1.82, 2.24) is 0 Å². The third-order valence-electron chi connectivity index (χ3n) is 2.22. The van der Waals surface area contributed by atoms with Crippen LogP contribution in [0.4, 0.5) is 0 Å². The summed E-state index contributed by atoms with van der Waals surface area (Å²) in [5.74, 6) is 0.00792. The minimum Gasteiger partial charge on any atom is -0.509 e. The van der Waals surface area contributed by atoms with Gasteiger partial charge in [0.05, 0.1) is 0 Å². The van der Waals surface area contributed by atoms with Crippen LogP contribution in [0.1, 0.15) is 20.3 Å². The van der Waals surface area contributed by atoms with E-state index < -0.39 is 0 Å². The summed E-state index contributed by atoms with van der Waals surface area (Å²) in [5.41, 5.74) is 3.69.